The van der Waals surface area contributed by atoms with Gasteiger partial charge in [0.15, 0.2) is 6.04 Å². The number of aliphatic hydroxyl groups is 1. The van der Waals surface area contributed by atoms with Gasteiger partial charge in [0.1, 0.15) is 18.2 Å². The predicted molar refractivity (Wildman–Crippen MR) is 161 cm³/mol. The van der Waals surface area contributed by atoms with E-state index < -0.39 is 71.4 Å². The highest BCUT2D eigenvalue weighted by Gasteiger charge is 2.60. The molecule has 2 N–H and O–H groups in total. The first-order valence-corrected chi connectivity index (χ1v) is 15.9. The van der Waals surface area contributed by atoms with Gasteiger partial charge in [-0.3, -0.25) is 19.0 Å². The topological polar surface area (TPSA) is 90.0 Å². The second-order valence-electron chi connectivity index (χ2n) is 15.1. The molecule has 2 saturated heterocycles. The summed E-state index contributed by atoms with van der Waals surface area (Å²) in [6.07, 6.45) is -0.518. The lowest BCUT2D eigenvalue weighted by atomic mass is 9.86. The molecule has 0 bridgehead atoms. The maximum Gasteiger partial charge on any atom is 0.319 e. The first-order valence-electron chi connectivity index (χ1n) is 15.9. The zero-order valence-corrected chi connectivity index (χ0v) is 27.5. The Morgan fingerprint density at radius 2 is 1.69 bits per heavy atom. The number of carbonyl (C=O) groups is 3. The van der Waals surface area contributed by atoms with E-state index in [1.165, 1.54) is 19.2 Å². The summed E-state index contributed by atoms with van der Waals surface area (Å²) in [6, 6.07) is 1.29. The summed E-state index contributed by atoms with van der Waals surface area (Å²) < 4.78 is 57.1. The van der Waals surface area contributed by atoms with Gasteiger partial charge in [-0.05, 0) is 59.1 Å². The summed E-state index contributed by atoms with van der Waals surface area (Å²) in [5, 5.41) is 12.7. The molecule has 1 aromatic carbocycles. The highest BCUT2D eigenvalue weighted by molar-refractivity contribution is 5.86. The minimum Gasteiger partial charge on any atom is -0.395 e. The number of likely N-dealkylation sites (tertiary alicyclic amines) is 2. The fourth-order valence-corrected chi connectivity index (χ4v) is 7.56. The fourth-order valence-electron chi connectivity index (χ4n) is 7.56. The van der Waals surface area contributed by atoms with Crippen molar-refractivity contribution >= 4 is 17.7 Å². The van der Waals surface area contributed by atoms with Crippen LogP contribution in [0.1, 0.15) is 78.2 Å². The van der Waals surface area contributed by atoms with Crippen LogP contribution in [-0.4, -0.2) is 107 Å². The standard InChI is InChI=1S/C33H48F4N4O4/c1-31(2,3)39-16-24(23-9-8-20(34)14-26(23)35)25(17-39)29(44)41(7)18-22(15-27(41)28(43)38-6)40(30(45)32(4,5)19-42)21-10-12-33(36,37)13-11-21/h8-9,14,21-22,24-25,27,42H,10-13,15-19H2,1-7H3/p+1/t22-,24-,25+,27-,41?/m0/s1. The zero-order valence-electron chi connectivity index (χ0n) is 27.5. The highest BCUT2D eigenvalue weighted by atomic mass is 19.3. The van der Waals surface area contributed by atoms with E-state index in [1.54, 1.807) is 25.8 Å². The van der Waals surface area contributed by atoms with Gasteiger partial charge in [0.2, 0.25) is 11.8 Å². The van der Waals surface area contributed by atoms with E-state index in [0.29, 0.717) is 13.1 Å². The number of aliphatic hydroxyl groups excluding tert-OH is 1. The number of nitrogens with one attached hydrogen (secondary N) is 1. The van der Waals surface area contributed by atoms with Gasteiger partial charge in [0.05, 0.1) is 31.0 Å². The normalized spacial score (nSPS) is 29.5. The first-order chi connectivity index (χ1) is 20.8. The summed E-state index contributed by atoms with van der Waals surface area (Å²) in [5.74, 6) is -6.74. The van der Waals surface area contributed by atoms with Crippen molar-refractivity contribution in [1.82, 2.24) is 15.1 Å². The van der Waals surface area contributed by atoms with Crippen LogP contribution in [0.3, 0.4) is 0 Å². The van der Waals surface area contributed by atoms with Gasteiger partial charge in [-0.25, -0.2) is 22.4 Å². The van der Waals surface area contributed by atoms with Crippen molar-refractivity contribution < 1.29 is 41.5 Å². The monoisotopic (exact) mass is 641 g/mol. The molecule has 0 spiro atoms. The minimum atomic E-state index is -2.83. The quantitative estimate of drug-likeness (QED) is 0.347. The lowest BCUT2D eigenvalue weighted by Gasteiger charge is -2.43. The van der Waals surface area contributed by atoms with Crippen molar-refractivity contribution in [3.63, 3.8) is 0 Å². The lowest BCUT2D eigenvalue weighted by molar-refractivity contribution is -0.840. The zero-order chi connectivity index (χ0) is 33.7. The Balaban J connectivity index is 1.75. The summed E-state index contributed by atoms with van der Waals surface area (Å²) in [6.45, 7) is 9.40. The first kappa shape index (κ1) is 35.3. The molecular weight excluding hydrogens is 592 g/mol. The molecule has 5 atom stereocenters. The molecule has 1 aliphatic carbocycles. The van der Waals surface area contributed by atoms with Crippen molar-refractivity contribution in [2.75, 3.05) is 40.3 Å². The molecule has 2 aliphatic heterocycles. The lowest BCUT2D eigenvalue weighted by Crippen LogP contribution is -2.61. The second-order valence-corrected chi connectivity index (χ2v) is 15.1. The van der Waals surface area contributed by atoms with Crippen LogP contribution in [0, 0.1) is 23.0 Å². The van der Waals surface area contributed by atoms with Gasteiger partial charge in [0, 0.05) is 63.0 Å². The van der Waals surface area contributed by atoms with Crippen LogP contribution in [0.5, 0.6) is 0 Å². The second kappa shape index (κ2) is 12.6. The minimum absolute atomic E-state index is 0.0572. The number of hydrogen-bond donors (Lipinski definition) is 2. The van der Waals surface area contributed by atoms with Crippen molar-refractivity contribution in [2.45, 2.75) is 102 Å². The summed E-state index contributed by atoms with van der Waals surface area (Å²) in [5.41, 5.74) is -1.34. The highest BCUT2D eigenvalue weighted by Crippen LogP contribution is 2.44. The number of nitrogens with zero attached hydrogens (tertiary/aromatic N) is 3. The molecule has 3 fully saturated rings. The Labute approximate surface area is 263 Å². The Bertz CT molecular complexity index is 1290. The molecule has 8 nitrogen and oxygen atoms in total. The van der Waals surface area contributed by atoms with E-state index in [9.17, 15) is 32.7 Å². The number of rotatable bonds is 7. The van der Waals surface area contributed by atoms with Crippen LogP contribution in [0.25, 0.3) is 0 Å². The van der Waals surface area contributed by atoms with Crippen molar-refractivity contribution in [1.29, 1.82) is 0 Å². The third-order valence-corrected chi connectivity index (χ3v) is 10.5. The summed E-state index contributed by atoms with van der Waals surface area (Å²) >= 11 is 0. The number of carbonyl (C=O) groups excluding carboxylic acids is 3. The van der Waals surface area contributed by atoms with Crippen molar-refractivity contribution in [3.8, 4) is 0 Å². The molecule has 0 radical (unpaired) electrons. The van der Waals surface area contributed by atoms with Gasteiger partial charge in [-0.1, -0.05) is 6.07 Å². The van der Waals surface area contributed by atoms with Gasteiger partial charge < -0.3 is 15.3 Å². The molecular formula is C33H49F4N4O4+. The SMILES string of the molecule is CNC(=O)[C@@H]1C[C@H](N(C(=O)C(C)(C)CO)C2CCC(F)(F)CC2)C[N+]1(C)C(=O)[C@@H]1CN(C(C)(C)C)C[C@H]1c1ccc(F)cc1F. The number of halogens is 4. The van der Waals surface area contributed by atoms with E-state index in [1.807, 2.05) is 20.8 Å². The average Bonchev–Trinajstić information content (AvgIpc) is 3.56. The molecule has 3 amide bonds. The summed E-state index contributed by atoms with van der Waals surface area (Å²) in [7, 11) is 3.13. The number of benzene rings is 1. The van der Waals surface area contributed by atoms with Crippen molar-refractivity contribution in [2.24, 2.45) is 11.3 Å². The molecule has 1 aromatic rings. The molecule has 1 unspecified atom stereocenters. The molecule has 12 heteroatoms. The predicted octanol–water partition coefficient (Wildman–Crippen LogP) is 4.06. The third kappa shape index (κ3) is 6.93. The van der Waals surface area contributed by atoms with Crippen LogP contribution in [0.4, 0.5) is 17.6 Å². The molecule has 2 heterocycles. The Morgan fingerprint density at radius 3 is 2.22 bits per heavy atom. The van der Waals surface area contributed by atoms with Gasteiger partial charge in [0.25, 0.3) is 5.91 Å². The van der Waals surface area contributed by atoms with Gasteiger partial charge in [-0.2, -0.15) is 0 Å². The molecule has 252 valence electrons. The van der Waals surface area contributed by atoms with Crippen LogP contribution in [0.2, 0.25) is 0 Å². The smallest absolute Gasteiger partial charge is 0.319 e. The van der Waals surface area contributed by atoms with E-state index >= 15 is 4.39 Å². The molecule has 45 heavy (non-hydrogen) atoms. The van der Waals surface area contributed by atoms with Gasteiger partial charge in [-0.15, -0.1) is 0 Å². The third-order valence-electron chi connectivity index (χ3n) is 10.5. The van der Waals surface area contributed by atoms with Gasteiger partial charge >= 0.3 is 5.91 Å². The molecule has 0 aromatic heterocycles. The van der Waals surface area contributed by atoms with Crippen LogP contribution in [0.15, 0.2) is 18.2 Å². The van der Waals surface area contributed by atoms with E-state index in [-0.39, 0.29) is 60.1 Å². The maximum atomic E-state index is 15.2. The number of hydrogen-bond acceptors (Lipinski definition) is 5. The maximum absolute atomic E-state index is 15.2. The average molecular weight is 642 g/mol. The van der Waals surface area contributed by atoms with E-state index in [0.717, 1.165) is 6.07 Å². The Morgan fingerprint density at radius 1 is 1.07 bits per heavy atom. The molecule has 4 rings (SSSR count). The number of likely N-dealkylation sites (N-methyl/N-ethyl adjacent to an activating group) is 2. The summed E-state index contributed by atoms with van der Waals surface area (Å²) in [4.78, 5) is 45.9. The number of amides is 3. The number of quaternary nitrogens is 1. The molecule has 3 aliphatic rings. The van der Waals surface area contributed by atoms with Crippen LogP contribution in [-0.2, 0) is 14.4 Å². The van der Waals surface area contributed by atoms with Crippen LogP contribution < -0.4 is 5.32 Å². The molecule has 1 saturated carbocycles. The fraction of sp³-hybridized carbons (Fsp3) is 0.727. The van der Waals surface area contributed by atoms with E-state index in [4.69, 9.17) is 0 Å². The largest absolute Gasteiger partial charge is 0.395 e. The van der Waals surface area contributed by atoms with Crippen molar-refractivity contribution in [3.05, 3.63) is 35.4 Å². The Hall–Kier alpha value is -2.57. The van der Waals surface area contributed by atoms with Crippen LogP contribution >= 0.6 is 0 Å². The van der Waals surface area contributed by atoms with E-state index in [2.05, 4.69) is 10.2 Å². The Kier molecular flexibility index (Phi) is 9.85. The number of alkyl halides is 2.